The maximum atomic E-state index is 12.6. The molecule has 2 heterocycles. The topological polar surface area (TPSA) is 92.9 Å². The number of halogens is 2. The van der Waals surface area contributed by atoms with Gasteiger partial charge >= 0.3 is 5.97 Å². The molecule has 0 aromatic heterocycles. The van der Waals surface area contributed by atoms with Crippen LogP contribution >= 0.6 is 35.8 Å². The smallest absolute Gasteiger partial charge is 0.352 e. The fraction of sp³-hybridized carbons (Fsp3) is 0.375. The van der Waals surface area contributed by atoms with Crippen LogP contribution in [0.25, 0.3) is 0 Å². The van der Waals surface area contributed by atoms with Crippen molar-refractivity contribution in [3.63, 3.8) is 0 Å². The largest absolute Gasteiger partial charge is 0.497 e. The maximum absolute atomic E-state index is 12.6. The highest BCUT2D eigenvalue weighted by molar-refractivity contribution is 8.00. The Morgan fingerprint density at radius 3 is 2.64 bits per heavy atom. The molecule has 1 aromatic rings. The van der Waals surface area contributed by atoms with Crippen molar-refractivity contribution in [2.24, 2.45) is 5.73 Å². The number of nitrogens with two attached hydrogens (primary N) is 1. The molecule has 0 spiro atoms. The minimum Gasteiger partial charge on any atom is -0.497 e. The molecule has 0 bridgehead atoms. The van der Waals surface area contributed by atoms with Gasteiger partial charge in [0.15, 0.2) is 0 Å². The fourth-order valence-corrected chi connectivity index (χ4v) is 4.82. The molecule has 0 saturated carbocycles. The molecule has 9 heteroatoms. The Labute approximate surface area is 160 Å². The molecule has 2 aliphatic rings. The average molecular weight is 405 g/mol. The number of carbonyl (C=O) groups is 2. The van der Waals surface area contributed by atoms with E-state index in [9.17, 15) is 14.7 Å². The molecule has 1 saturated heterocycles. The second-order valence-corrected chi connectivity index (χ2v) is 7.13. The number of aliphatic carboxylic acids is 1. The summed E-state index contributed by atoms with van der Waals surface area (Å²) >= 11 is 7.27. The van der Waals surface area contributed by atoms with Crippen LogP contribution in [0.5, 0.6) is 5.75 Å². The van der Waals surface area contributed by atoms with Crippen molar-refractivity contribution in [1.82, 2.24) is 4.90 Å². The van der Waals surface area contributed by atoms with Crippen molar-refractivity contribution in [3.8, 4) is 5.75 Å². The number of β-lactam (4-membered cyclic amide) rings is 1. The zero-order valence-corrected chi connectivity index (χ0v) is 15.8. The second kappa shape index (κ2) is 7.45. The van der Waals surface area contributed by atoms with Crippen LogP contribution in [-0.4, -0.2) is 51.5 Å². The molecule has 1 amide bonds. The molecular weight excluding hydrogens is 387 g/mol. The predicted octanol–water partition coefficient (Wildman–Crippen LogP) is 1.85. The van der Waals surface area contributed by atoms with E-state index in [1.807, 2.05) is 24.3 Å². The van der Waals surface area contributed by atoms with E-state index in [1.165, 1.54) is 16.7 Å². The molecule has 2 aliphatic heterocycles. The minimum atomic E-state index is -1.14. The zero-order chi connectivity index (χ0) is 17.5. The maximum Gasteiger partial charge on any atom is 0.352 e. The molecule has 1 fully saturated rings. The van der Waals surface area contributed by atoms with Gasteiger partial charge < -0.3 is 15.6 Å². The van der Waals surface area contributed by atoms with Gasteiger partial charge in [-0.15, -0.1) is 35.8 Å². The fourth-order valence-electron chi connectivity index (χ4n) is 3.06. The number of rotatable bonds is 5. The molecule has 0 radical (unpaired) electrons. The number of hydrogen-bond donors (Lipinski definition) is 2. The Morgan fingerprint density at radius 2 is 2.12 bits per heavy atom. The number of methoxy groups -OCH3 is 1. The Kier molecular flexibility index (Phi) is 5.93. The van der Waals surface area contributed by atoms with Crippen molar-refractivity contribution in [2.75, 3.05) is 18.7 Å². The van der Waals surface area contributed by atoms with E-state index in [1.54, 1.807) is 7.11 Å². The molecule has 1 aromatic carbocycles. The van der Waals surface area contributed by atoms with E-state index in [0.717, 1.165) is 11.3 Å². The standard InChI is InChI=1S/C16H17ClN2O4S.ClH/c1-23-11-4-2-9(3-5-11)6-16(18)14(22)19-12(13(20)21)10(7-17)8-24-15(16)19;/h2-5,15H,6-8,18H2,1H3,(H,20,21);1H/t15-,16+;/m0./s1. The van der Waals surface area contributed by atoms with E-state index in [0.29, 0.717) is 17.7 Å². The van der Waals surface area contributed by atoms with E-state index < -0.39 is 16.9 Å². The third kappa shape index (κ3) is 3.21. The number of ether oxygens (including phenoxy) is 1. The van der Waals surface area contributed by atoms with Gasteiger partial charge in [-0.25, -0.2) is 4.79 Å². The normalized spacial score (nSPS) is 25.0. The van der Waals surface area contributed by atoms with Gasteiger partial charge in [-0.1, -0.05) is 12.1 Å². The molecule has 25 heavy (non-hydrogen) atoms. The van der Waals surface area contributed by atoms with Crippen LogP contribution < -0.4 is 10.5 Å². The quantitative estimate of drug-likeness (QED) is 0.574. The number of carbonyl (C=O) groups excluding carboxylic acids is 1. The molecule has 3 N–H and O–H groups in total. The Bertz CT molecular complexity index is 725. The third-order valence-corrected chi connectivity index (χ3v) is 6.09. The van der Waals surface area contributed by atoms with Crippen molar-refractivity contribution >= 4 is 47.6 Å². The van der Waals surface area contributed by atoms with Gasteiger partial charge in [0.25, 0.3) is 5.91 Å². The molecular formula is C16H18Cl2N2O4S. The van der Waals surface area contributed by atoms with Crippen molar-refractivity contribution in [3.05, 3.63) is 41.1 Å². The lowest BCUT2D eigenvalue weighted by molar-refractivity contribution is -0.154. The first-order valence-electron chi connectivity index (χ1n) is 7.30. The summed E-state index contributed by atoms with van der Waals surface area (Å²) < 4.78 is 5.12. The summed E-state index contributed by atoms with van der Waals surface area (Å²) in [6.45, 7) is 0. The van der Waals surface area contributed by atoms with Crippen molar-refractivity contribution in [1.29, 1.82) is 0 Å². The van der Waals surface area contributed by atoms with Crippen LogP contribution in [0.1, 0.15) is 5.56 Å². The number of nitrogens with zero attached hydrogens (tertiary/aromatic N) is 1. The van der Waals surface area contributed by atoms with Gasteiger partial charge in [-0.3, -0.25) is 9.69 Å². The average Bonchev–Trinajstić information content (AvgIpc) is 2.60. The van der Waals surface area contributed by atoms with Gasteiger partial charge in [0, 0.05) is 18.1 Å². The Hall–Kier alpha value is -1.41. The molecule has 136 valence electrons. The highest BCUT2D eigenvalue weighted by Gasteiger charge is 2.62. The number of carboxylic acid groups (broad SMARTS) is 1. The lowest BCUT2D eigenvalue weighted by Gasteiger charge is -2.55. The third-order valence-electron chi connectivity index (χ3n) is 4.30. The molecule has 3 rings (SSSR count). The summed E-state index contributed by atoms with van der Waals surface area (Å²) in [7, 11) is 1.58. The summed E-state index contributed by atoms with van der Waals surface area (Å²) in [5.74, 6) is -0.255. The lowest BCUT2D eigenvalue weighted by Crippen LogP contribution is -2.78. The number of benzene rings is 1. The summed E-state index contributed by atoms with van der Waals surface area (Å²) in [5, 5.41) is 9.02. The van der Waals surface area contributed by atoms with Crippen LogP contribution in [0.4, 0.5) is 0 Å². The molecule has 0 aliphatic carbocycles. The number of hydrogen-bond acceptors (Lipinski definition) is 5. The molecule has 6 nitrogen and oxygen atoms in total. The summed E-state index contributed by atoms with van der Waals surface area (Å²) in [4.78, 5) is 25.4. The van der Waals surface area contributed by atoms with Gasteiger partial charge in [-0.05, 0) is 23.3 Å². The summed E-state index contributed by atoms with van der Waals surface area (Å²) in [6.07, 6.45) is 0.340. The lowest BCUT2D eigenvalue weighted by atomic mass is 9.81. The SMILES string of the molecule is COc1ccc(C[C@@]2(N)C(=O)N3C(C(=O)O)=C(CCl)CS[C@H]32)cc1.Cl. The number of carboxylic acids is 1. The van der Waals surface area contributed by atoms with Gasteiger partial charge in [0.05, 0.1) is 7.11 Å². The van der Waals surface area contributed by atoms with Gasteiger partial charge in [0.2, 0.25) is 0 Å². The molecule has 2 atom stereocenters. The highest BCUT2D eigenvalue weighted by Crippen LogP contribution is 2.46. The van der Waals surface area contributed by atoms with Crippen molar-refractivity contribution in [2.45, 2.75) is 17.3 Å². The Morgan fingerprint density at radius 1 is 1.48 bits per heavy atom. The first-order chi connectivity index (χ1) is 11.4. The second-order valence-electron chi connectivity index (χ2n) is 5.79. The number of thioether (sulfide) groups is 1. The van der Waals surface area contributed by atoms with Crippen LogP contribution in [0.2, 0.25) is 0 Å². The predicted molar refractivity (Wildman–Crippen MR) is 99.3 cm³/mol. The first kappa shape index (κ1) is 19.9. The summed E-state index contributed by atoms with van der Waals surface area (Å²) in [6, 6.07) is 7.33. The van der Waals surface area contributed by atoms with E-state index in [-0.39, 0.29) is 29.9 Å². The number of amides is 1. The van der Waals surface area contributed by atoms with Crippen LogP contribution in [0.3, 0.4) is 0 Å². The first-order valence-corrected chi connectivity index (χ1v) is 8.89. The highest BCUT2D eigenvalue weighted by atomic mass is 35.5. The van der Waals surface area contributed by atoms with Crippen LogP contribution in [-0.2, 0) is 16.0 Å². The Balaban J connectivity index is 0.00000225. The monoisotopic (exact) mass is 404 g/mol. The summed E-state index contributed by atoms with van der Waals surface area (Å²) in [5.41, 5.74) is 6.67. The minimum absolute atomic E-state index is 0. The van der Waals surface area contributed by atoms with Crippen LogP contribution in [0, 0.1) is 0 Å². The zero-order valence-electron chi connectivity index (χ0n) is 13.4. The number of fused-ring (bicyclic) bond motifs is 1. The van der Waals surface area contributed by atoms with Gasteiger partial charge in [-0.2, -0.15) is 0 Å². The van der Waals surface area contributed by atoms with Crippen molar-refractivity contribution < 1.29 is 19.4 Å². The van der Waals surface area contributed by atoms with E-state index in [2.05, 4.69) is 0 Å². The van der Waals surface area contributed by atoms with Gasteiger partial charge in [0.1, 0.15) is 22.4 Å². The molecule has 0 unspecified atom stereocenters. The number of alkyl halides is 1. The van der Waals surface area contributed by atoms with E-state index >= 15 is 0 Å². The van der Waals surface area contributed by atoms with E-state index in [4.69, 9.17) is 22.1 Å². The van der Waals surface area contributed by atoms with Crippen LogP contribution in [0.15, 0.2) is 35.5 Å².